The summed E-state index contributed by atoms with van der Waals surface area (Å²) in [5.41, 5.74) is 5.46. The number of nitrogens with one attached hydrogen (secondary N) is 2. The molecule has 11 heteroatoms. The van der Waals surface area contributed by atoms with Crippen LogP contribution in [0.15, 0.2) is 77.6 Å². The van der Waals surface area contributed by atoms with Gasteiger partial charge in [-0.3, -0.25) is 14.3 Å². The first-order valence-corrected chi connectivity index (χ1v) is 14.8. The second-order valence-electron chi connectivity index (χ2n) is 11.1. The second kappa shape index (κ2) is 12.1. The number of carbonyl (C=O) groups excluding carboxylic acids is 1. The Morgan fingerprint density at radius 2 is 1.70 bits per heavy atom. The summed E-state index contributed by atoms with van der Waals surface area (Å²) in [5.74, 6) is -1.01. The van der Waals surface area contributed by atoms with Gasteiger partial charge in [-0.15, -0.1) is 10.2 Å². The summed E-state index contributed by atoms with van der Waals surface area (Å²) in [5, 5.41) is 26.8. The number of fused-ring (bicyclic) bond motifs is 1. The second-order valence-corrected chi connectivity index (χ2v) is 11.1. The maximum absolute atomic E-state index is 14.1. The van der Waals surface area contributed by atoms with E-state index in [2.05, 4.69) is 39.8 Å². The quantitative estimate of drug-likeness (QED) is 0.211. The van der Waals surface area contributed by atoms with Gasteiger partial charge in [0.15, 0.2) is 0 Å². The van der Waals surface area contributed by atoms with E-state index in [0.717, 1.165) is 40.8 Å². The third kappa shape index (κ3) is 5.32. The molecule has 1 aliphatic heterocycles. The van der Waals surface area contributed by atoms with Crippen LogP contribution < -0.4 is 10.9 Å². The number of anilines is 1. The van der Waals surface area contributed by atoms with Crippen LogP contribution in [0.4, 0.5) is 5.69 Å². The highest BCUT2D eigenvalue weighted by Crippen LogP contribution is 2.33. The number of carbonyl (C=O) groups is 2. The zero-order chi connectivity index (χ0) is 30.8. The van der Waals surface area contributed by atoms with Gasteiger partial charge in [0, 0.05) is 29.3 Å². The Morgan fingerprint density at radius 3 is 2.41 bits per heavy atom. The monoisotopic (exact) mass is 591 g/mol. The largest absolute Gasteiger partial charge is 0.478 e. The molecule has 2 aromatic heterocycles. The van der Waals surface area contributed by atoms with Crippen LogP contribution >= 0.6 is 0 Å². The van der Waals surface area contributed by atoms with Crippen LogP contribution in [-0.4, -0.2) is 47.0 Å². The number of tetrazole rings is 1. The summed E-state index contributed by atoms with van der Waals surface area (Å²) in [4.78, 5) is 39.4. The topological polar surface area (TPSA) is 148 Å². The van der Waals surface area contributed by atoms with E-state index in [1.54, 1.807) is 22.9 Å². The van der Waals surface area contributed by atoms with Gasteiger partial charge in [-0.25, -0.2) is 9.48 Å². The van der Waals surface area contributed by atoms with Crippen molar-refractivity contribution in [2.45, 2.75) is 58.0 Å². The number of H-pyrrole nitrogens is 1. The van der Waals surface area contributed by atoms with Crippen molar-refractivity contribution < 1.29 is 14.7 Å². The number of rotatable bonds is 9. The number of aromatic amines is 1. The van der Waals surface area contributed by atoms with Crippen LogP contribution in [0.1, 0.15) is 72.4 Å². The summed E-state index contributed by atoms with van der Waals surface area (Å²) in [6, 6.07) is 21.5. The molecule has 0 bridgehead atoms. The predicted octanol–water partition coefficient (Wildman–Crippen LogP) is 5.27. The zero-order valence-corrected chi connectivity index (χ0v) is 24.5. The highest BCUT2D eigenvalue weighted by atomic mass is 16.4. The number of nitrogens with zero attached hydrogens (tertiary/aromatic N) is 5. The lowest BCUT2D eigenvalue weighted by Gasteiger charge is -2.32. The van der Waals surface area contributed by atoms with Crippen LogP contribution in [0.2, 0.25) is 0 Å². The SMILES string of the molecule is CCCc1c(Cc2ccc(-c3ccccc3-c3nn[nH]n3)cc2)c(=O)n2n1C(C)CCC2C(=O)Nc1ccccc1C(=O)O. The van der Waals surface area contributed by atoms with Crippen LogP contribution in [0.25, 0.3) is 22.5 Å². The molecule has 44 heavy (non-hydrogen) atoms. The molecular formula is C33H33N7O4. The molecule has 3 heterocycles. The normalized spacial score (nSPS) is 16.0. The molecular weight excluding hydrogens is 558 g/mol. The third-order valence-electron chi connectivity index (χ3n) is 8.26. The molecule has 1 amide bonds. The smallest absolute Gasteiger partial charge is 0.337 e. The Morgan fingerprint density at radius 1 is 0.977 bits per heavy atom. The first-order chi connectivity index (χ1) is 21.4. The molecule has 0 radical (unpaired) electrons. The van der Waals surface area contributed by atoms with Crippen molar-refractivity contribution in [2.24, 2.45) is 0 Å². The maximum Gasteiger partial charge on any atom is 0.337 e. The van der Waals surface area contributed by atoms with Gasteiger partial charge in [0.05, 0.1) is 11.3 Å². The van der Waals surface area contributed by atoms with Crippen molar-refractivity contribution in [2.75, 3.05) is 5.32 Å². The number of aromatic carboxylic acids is 1. The first-order valence-electron chi connectivity index (χ1n) is 14.8. The van der Waals surface area contributed by atoms with Gasteiger partial charge in [-0.1, -0.05) is 74.0 Å². The number of hydrogen-bond donors (Lipinski definition) is 3. The fourth-order valence-electron chi connectivity index (χ4n) is 6.17. The fourth-order valence-corrected chi connectivity index (χ4v) is 6.17. The molecule has 224 valence electrons. The highest BCUT2D eigenvalue weighted by Gasteiger charge is 2.35. The fraction of sp³-hybridized carbons (Fsp3) is 0.273. The molecule has 0 saturated carbocycles. The van der Waals surface area contributed by atoms with Crippen molar-refractivity contribution in [1.29, 1.82) is 0 Å². The molecule has 0 aliphatic carbocycles. The van der Waals surface area contributed by atoms with E-state index in [9.17, 15) is 19.5 Å². The first kappa shape index (κ1) is 28.8. The van der Waals surface area contributed by atoms with E-state index in [1.165, 1.54) is 6.07 Å². The van der Waals surface area contributed by atoms with Crippen LogP contribution in [0, 0.1) is 0 Å². The average Bonchev–Trinajstić information content (AvgIpc) is 3.66. The summed E-state index contributed by atoms with van der Waals surface area (Å²) in [6.07, 6.45) is 3.17. The third-order valence-corrected chi connectivity index (χ3v) is 8.26. The molecule has 6 rings (SSSR count). The van der Waals surface area contributed by atoms with E-state index >= 15 is 0 Å². The lowest BCUT2D eigenvalue weighted by Crippen LogP contribution is -2.40. The summed E-state index contributed by atoms with van der Waals surface area (Å²) in [6.45, 7) is 4.15. The number of carboxylic acids is 1. The Labute approximate surface area is 253 Å². The van der Waals surface area contributed by atoms with Gasteiger partial charge in [0.25, 0.3) is 5.56 Å². The van der Waals surface area contributed by atoms with Crippen molar-refractivity contribution in [1.82, 2.24) is 30.0 Å². The predicted molar refractivity (Wildman–Crippen MR) is 166 cm³/mol. The van der Waals surface area contributed by atoms with E-state index in [-0.39, 0.29) is 22.9 Å². The number of hydrogen-bond acceptors (Lipinski definition) is 6. The van der Waals surface area contributed by atoms with E-state index < -0.39 is 17.9 Å². The number of amides is 1. The Hall–Kier alpha value is -5.32. The van der Waals surface area contributed by atoms with Gasteiger partial charge >= 0.3 is 5.97 Å². The minimum atomic E-state index is -1.13. The molecule has 1 aliphatic rings. The number of carboxylic acid groups (broad SMARTS) is 1. The summed E-state index contributed by atoms with van der Waals surface area (Å²) in [7, 11) is 0. The van der Waals surface area contributed by atoms with Gasteiger partial charge < -0.3 is 10.4 Å². The van der Waals surface area contributed by atoms with Crippen molar-refractivity contribution in [3.63, 3.8) is 0 Å². The summed E-state index contributed by atoms with van der Waals surface area (Å²) >= 11 is 0. The molecule has 3 N–H and O–H groups in total. The van der Waals surface area contributed by atoms with Crippen molar-refractivity contribution >= 4 is 17.6 Å². The van der Waals surface area contributed by atoms with Crippen LogP contribution in [0.5, 0.6) is 0 Å². The molecule has 0 fully saturated rings. The number of benzene rings is 3. The van der Waals surface area contributed by atoms with E-state index in [4.69, 9.17) is 0 Å². The number of para-hydroxylation sites is 1. The average molecular weight is 592 g/mol. The lowest BCUT2D eigenvalue weighted by molar-refractivity contribution is -0.120. The Kier molecular flexibility index (Phi) is 7.93. The van der Waals surface area contributed by atoms with Gasteiger partial charge in [-0.05, 0) is 60.2 Å². The highest BCUT2D eigenvalue weighted by molar-refractivity contribution is 6.01. The minimum Gasteiger partial charge on any atom is -0.478 e. The maximum atomic E-state index is 14.1. The van der Waals surface area contributed by atoms with Gasteiger partial charge in [0.1, 0.15) is 6.04 Å². The molecule has 5 aromatic rings. The molecule has 0 saturated heterocycles. The number of aromatic nitrogens is 6. The molecule has 3 aromatic carbocycles. The Bertz CT molecular complexity index is 1870. The lowest BCUT2D eigenvalue weighted by atomic mass is 9.96. The van der Waals surface area contributed by atoms with Crippen molar-refractivity contribution in [3.8, 4) is 22.5 Å². The van der Waals surface area contributed by atoms with E-state index in [1.807, 2.05) is 53.2 Å². The van der Waals surface area contributed by atoms with Gasteiger partial charge in [-0.2, -0.15) is 5.21 Å². The molecule has 2 unspecified atom stereocenters. The molecule has 0 spiro atoms. The van der Waals surface area contributed by atoms with Crippen LogP contribution in [-0.2, 0) is 17.6 Å². The zero-order valence-electron chi connectivity index (χ0n) is 24.5. The minimum absolute atomic E-state index is 0.00322. The summed E-state index contributed by atoms with van der Waals surface area (Å²) < 4.78 is 3.61. The Balaban J connectivity index is 1.33. The molecule has 11 nitrogen and oxygen atoms in total. The molecule has 2 atom stereocenters. The van der Waals surface area contributed by atoms with E-state index in [0.29, 0.717) is 30.7 Å². The van der Waals surface area contributed by atoms with Crippen LogP contribution in [0.3, 0.4) is 0 Å². The van der Waals surface area contributed by atoms with Crippen molar-refractivity contribution in [3.05, 3.63) is 106 Å². The standard InChI is InChI=1S/C33H33N7O4/c1-3-8-28-26(19-21-14-16-22(17-15-21)23-9-4-5-10-24(23)30-35-37-38-36-30)32(42)40-29(18-13-20(2)39(28)40)31(41)34-27-12-7-6-11-25(27)33(43)44/h4-7,9-12,14-17,20,29H,3,8,13,18-19H2,1-2H3,(H,34,41)(H,43,44)(H,35,36,37,38). The van der Waals surface area contributed by atoms with Gasteiger partial charge in [0.2, 0.25) is 11.7 Å².